The van der Waals surface area contributed by atoms with Crippen molar-refractivity contribution in [1.29, 1.82) is 0 Å². The van der Waals surface area contributed by atoms with E-state index >= 15 is 0 Å². The summed E-state index contributed by atoms with van der Waals surface area (Å²) in [5, 5.41) is 5.88. The summed E-state index contributed by atoms with van der Waals surface area (Å²) in [7, 11) is 5.62. The normalized spacial score (nSPS) is 12.3. The number of nitrogens with one attached hydrogen (secondary N) is 2. The van der Waals surface area contributed by atoms with Gasteiger partial charge in [-0.3, -0.25) is 0 Å². The lowest BCUT2D eigenvalue weighted by Crippen LogP contribution is -2.44. The number of ether oxygens (including phenoxy) is 1. The Hall–Kier alpha value is -1.75. The van der Waals surface area contributed by atoms with Crippen LogP contribution in [0.15, 0.2) is 24.3 Å². The topological polar surface area (TPSA) is 53.6 Å². The minimum absolute atomic E-state index is 0.130. The molecule has 1 unspecified atom stereocenters. The van der Waals surface area contributed by atoms with Gasteiger partial charge in [-0.2, -0.15) is 0 Å². The van der Waals surface area contributed by atoms with Crippen LogP contribution in [0.2, 0.25) is 0 Å². The molecule has 0 aromatic heterocycles. The predicted molar refractivity (Wildman–Crippen MR) is 86.9 cm³/mol. The molecule has 0 fully saturated rings. The van der Waals surface area contributed by atoms with Gasteiger partial charge in [0.05, 0.1) is 7.11 Å². The fourth-order valence-electron chi connectivity index (χ4n) is 2.24. The third-order valence-corrected chi connectivity index (χ3v) is 3.00. The zero-order valence-corrected chi connectivity index (χ0v) is 13.6. The van der Waals surface area contributed by atoms with Crippen molar-refractivity contribution in [3.8, 4) is 5.75 Å². The van der Waals surface area contributed by atoms with Crippen molar-refractivity contribution in [1.82, 2.24) is 10.2 Å². The number of anilines is 1. The van der Waals surface area contributed by atoms with Crippen LogP contribution in [0.25, 0.3) is 0 Å². The summed E-state index contributed by atoms with van der Waals surface area (Å²) < 4.78 is 5.14. The lowest BCUT2D eigenvalue weighted by molar-refractivity contribution is 0.240. The third kappa shape index (κ3) is 6.99. The highest BCUT2D eigenvalue weighted by atomic mass is 16.5. The largest absolute Gasteiger partial charge is 0.497 e. The number of nitrogens with zero attached hydrogens (tertiary/aromatic N) is 1. The van der Waals surface area contributed by atoms with Gasteiger partial charge in [0.1, 0.15) is 5.75 Å². The molecule has 118 valence electrons. The lowest BCUT2D eigenvalue weighted by Gasteiger charge is -2.24. The second-order valence-electron chi connectivity index (χ2n) is 5.92. The van der Waals surface area contributed by atoms with E-state index in [0.29, 0.717) is 5.92 Å². The second kappa shape index (κ2) is 8.52. The first-order chi connectivity index (χ1) is 9.90. The number of likely N-dealkylation sites (N-methyl/N-ethyl adjacent to an activating group) is 1. The molecule has 5 nitrogen and oxygen atoms in total. The van der Waals surface area contributed by atoms with Gasteiger partial charge in [-0.05, 0) is 38.6 Å². The van der Waals surface area contributed by atoms with Crippen LogP contribution in [0.4, 0.5) is 10.5 Å². The second-order valence-corrected chi connectivity index (χ2v) is 5.92. The maximum absolute atomic E-state index is 12.1. The fourth-order valence-corrected chi connectivity index (χ4v) is 2.24. The minimum atomic E-state index is -0.184. The molecule has 0 radical (unpaired) electrons. The zero-order valence-electron chi connectivity index (χ0n) is 13.6. The molecule has 1 aromatic rings. The summed E-state index contributed by atoms with van der Waals surface area (Å²) >= 11 is 0. The number of hydrogen-bond acceptors (Lipinski definition) is 3. The summed E-state index contributed by atoms with van der Waals surface area (Å²) in [6, 6.07) is 7.27. The predicted octanol–water partition coefficient (Wildman–Crippen LogP) is 2.79. The molecular weight excluding hydrogens is 266 g/mol. The van der Waals surface area contributed by atoms with E-state index < -0.39 is 0 Å². The van der Waals surface area contributed by atoms with Crippen LogP contribution in [0.5, 0.6) is 5.75 Å². The van der Waals surface area contributed by atoms with Crippen molar-refractivity contribution >= 4 is 11.7 Å². The van der Waals surface area contributed by atoms with E-state index in [0.717, 1.165) is 24.4 Å². The molecule has 0 aliphatic carbocycles. The Balaban J connectivity index is 2.59. The summed E-state index contributed by atoms with van der Waals surface area (Å²) in [4.78, 5) is 14.2. The number of carbonyl (C=O) groups excluding carboxylic acids is 1. The van der Waals surface area contributed by atoms with Crippen LogP contribution in [0.1, 0.15) is 20.3 Å². The lowest BCUT2D eigenvalue weighted by atomic mass is 10.0. The molecule has 2 amide bonds. The Labute approximate surface area is 127 Å². The Bertz CT molecular complexity index is 437. The summed E-state index contributed by atoms with van der Waals surface area (Å²) in [6.45, 7) is 5.14. The smallest absolute Gasteiger partial charge is 0.319 e. The quantitative estimate of drug-likeness (QED) is 0.813. The molecular formula is C16H27N3O2. The number of carbonyl (C=O) groups is 1. The van der Waals surface area contributed by atoms with E-state index in [1.54, 1.807) is 13.2 Å². The van der Waals surface area contributed by atoms with E-state index in [2.05, 4.69) is 29.4 Å². The van der Waals surface area contributed by atoms with Gasteiger partial charge in [0, 0.05) is 24.3 Å². The molecule has 1 atom stereocenters. The molecule has 0 aliphatic rings. The van der Waals surface area contributed by atoms with Crippen molar-refractivity contribution in [3.63, 3.8) is 0 Å². The third-order valence-electron chi connectivity index (χ3n) is 3.00. The minimum Gasteiger partial charge on any atom is -0.497 e. The summed E-state index contributed by atoms with van der Waals surface area (Å²) in [5.74, 6) is 1.26. The van der Waals surface area contributed by atoms with Crippen molar-refractivity contribution in [2.45, 2.75) is 26.3 Å². The van der Waals surface area contributed by atoms with Gasteiger partial charge in [0.15, 0.2) is 0 Å². The maximum Gasteiger partial charge on any atom is 0.319 e. The molecule has 1 aromatic carbocycles. The van der Waals surface area contributed by atoms with Crippen molar-refractivity contribution < 1.29 is 9.53 Å². The molecule has 2 N–H and O–H groups in total. The van der Waals surface area contributed by atoms with Gasteiger partial charge >= 0.3 is 6.03 Å². The van der Waals surface area contributed by atoms with Crippen molar-refractivity contribution in [2.24, 2.45) is 5.92 Å². The average Bonchev–Trinajstić information content (AvgIpc) is 2.37. The van der Waals surface area contributed by atoms with Gasteiger partial charge in [-0.15, -0.1) is 0 Å². The highest BCUT2D eigenvalue weighted by Crippen LogP contribution is 2.16. The van der Waals surface area contributed by atoms with E-state index in [4.69, 9.17) is 4.74 Å². The fraction of sp³-hybridized carbons (Fsp3) is 0.562. The number of rotatable bonds is 7. The number of methoxy groups -OCH3 is 1. The van der Waals surface area contributed by atoms with Gasteiger partial charge in [0.25, 0.3) is 0 Å². The van der Waals surface area contributed by atoms with Gasteiger partial charge in [0.2, 0.25) is 0 Å². The molecule has 0 spiro atoms. The average molecular weight is 293 g/mol. The van der Waals surface area contributed by atoms with E-state index in [9.17, 15) is 4.79 Å². The van der Waals surface area contributed by atoms with E-state index in [1.165, 1.54) is 0 Å². The Kier molecular flexibility index (Phi) is 7.02. The van der Waals surface area contributed by atoms with Crippen LogP contribution < -0.4 is 15.4 Å². The highest BCUT2D eigenvalue weighted by molar-refractivity contribution is 5.89. The Morgan fingerprint density at radius 3 is 2.62 bits per heavy atom. The number of amides is 2. The first kappa shape index (κ1) is 17.3. The van der Waals surface area contributed by atoms with Crippen LogP contribution in [0.3, 0.4) is 0 Å². The van der Waals surface area contributed by atoms with Crippen LogP contribution in [-0.2, 0) is 0 Å². The van der Waals surface area contributed by atoms with Crippen LogP contribution in [0, 0.1) is 5.92 Å². The zero-order chi connectivity index (χ0) is 15.8. The van der Waals surface area contributed by atoms with Crippen molar-refractivity contribution in [2.75, 3.05) is 33.1 Å². The number of benzene rings is 1. The number of hydrogen-bond donors (Lipinski definition) is 2. The molecule has 5 heteroatoms. The molecule has 21 heavy (non-hydrogen) atoms. The van der Waals surface area contributed by atoms with Crippen LogP contribution in [-0.4, -0.2) is 44.7 Å². The highest BCUT2D eigenvalue weighted by Gasteiger charge is 2.15. The summed E-state index contributed by atoms with van der Waals surface area (Å²) in [6.07, 6.45) is 0.948. The Morgan fingerprint density at radius 1 is 1.33 bits per heavy atom. The summed E-state index contributed by atoms with van der Waals surface area (Å²) in [5.41, 5.74) is 0.722. The first-order valence-electron chi connectivity index (χ1n) is 7.27. The van der Waals surface area contributed by atoms with E-state index in [-0.39, 0.29) is 12.1 Å². The molecule has 0 heterocycles. The molecule has 0 bridgehead atoms. The SMILES string of the molecule is COc1cccc(NC(=O)NC(CC(C)C)CN(C)C)c1. The molecule has 0 saturated heterocycles. The Morgan fingerprint density at radius 2 is 2.05 bits per heavy atom. The molecule has 1 rings (SSSR count). The first-order valence-corrected chi connectivity index (χ1v) is 7.27. The van der Waals surface area contributed by atoms with Gasteiger partial charge in [-0.25, -0.2) is 4.79 Å². The van der Waals surface area contributed by atoms with Crippen molar-refractivity contribution in [3.05, 3.63) is 24.3 Å². The standard InChI is InChI=1S/C16H27N3O2/c1-12(2)9-14(11-19(3)4)18-16(20)17-13-7-6-8-15(10-13)21-5/h6-8,10,12,14H,9,11H2,1-5H3,(H2,17,18,20). The molecule has 0 aliphatic heterocycles. The van der Waals surface area contributed by atoms with Gasteiger partial charge in [-0.1, -0.05) is 19.9 Å². The monoisotopic (exact) mass is 293 g/mol. The van der Waals surface area contributed by atoms with Gasteiger partial charge < -0.3 is 20.3 Å². The van der Waals surface area contributed by atoms with Crippen LogP contribution >= 0.6 is 0 Å². The maximum atomic E-state index is 12.1. The van der Waals surface area contributed by atoms with E-state index in [1.807, 2.05) is 32.3 Å². The number of urea groups is 1. The molecule has 0 saturated carbocycles.